The van der Waals surface area contributed by atoms with Gasteiger partial charge in [-0.2, -0.15) is 8.42 Å². The zero-order valence-electron chi connectivity index (χ0n) is 33.2. The van der Waals surface area contributed by atoms with E-state index in [1.165, 1.54) is 60.7 Å². The summed E-state index contributed by atoms with van der Waals surface area (Å²) in [6.45, 7) is 3.24. The van der Waals surface area contributed by atoms with Crippen molar-refractivity contribution in [2.24, 2.45) is 0 Å². The third kappa shape index (κ3) is 8.90. The maximum absolute atomic E-state index is 15.2. The normalized spacial score (nSPS) is 12.6. The zero-order chi connectivity index (χ0) is 47.2. The molecule has 0 aliphatic rings. The molecule has 0 atom stereocenters. The average Bonchev–Trinajstić information content (AvgIpc) is 3.28. The molecule has 340 valence electrons. The molecule has 0 unspecified atom stereocenters. The molecule has 65 heavy (non-hydrogen) atoms. The zero-order valence-corrected chi connectivity index (χ0v) is 37.8. The SMILES string of the molecule is Cc1ccccc1S(OS(=O)(=O)c1c(F)c(F)c(F)c(F)c1F)(c1ccc(Cc2ccc(I(OS(=O)(=O)c3c(F)c(F)c(F)c(F)c3F)c3ccccc3)cc2)cc1)c1ccccc1C. The first-order chi connectivity index (χ1) is 30.7. The van der Waals surface area contributed by atoms with Crippen molar-refractivity contribution in [3.05, 3.63) is 215 Å². The smallest absolute Gasteiger partial charge is 0.0619 e. The van der Waals surface area contributed by atoms with Gasteiger partial charge in [0, 0.05) is 0 Å². The van der Waals surface area contributed by atoms with E-state index in [1.807, 2.05) is 0 Å². The Morgan fingerprint density at radius 3 is 1.20 bits per heavy atom. The van der Waals surface area contributed by atoms with E-state index in [-0.39, 0.29) is 28.2 Å². The number of halogens is 11. The predicted octanol–water partition coefficient (Wildman–Crippen LogP) is 12.8. The summed E-state index contributed by atoms with van der Waals surface area (Å²) in [4.78, 5) is -3.74. The first kappa shape index (κ1) is 47.7. The van der Waals surface area contributed by atoms with Gasteiger partial charge < -0.3 is 0 Å². The molecule has 0 heterocycles. The van der Waals surface area contributed by atoms with Crippen LogP contribution >= 0.6 is 30.5 Å². The first-order valence-corrected chi connectivity index (χ1v) is 25.9. The van der Waals surface area contributed by atoms with E-state index in [1.54, 1.807) is 80.6 Å². The Morgan fingerprint density at radius 2 is 0.769 bits per heavy atom. The van der Waals surface area contributed by atoms with E-state index in [0.29, 0.717) is 22.3 Å². The standard InChI is InChI=1S/C45H29F10IO6S3/c1-25-10-6-8-14-32(25)63(33-15-9-7-11-26(33)2,62-65(59,60)45-42(54)38(50)35(47)39(51)43(45)55)31-22-18-28(19-23-31)24-27-16-20-30(21-17-27)56(29-12-4-3-5-13-29)61-64(57,58)44-40(52)36(48)34(46)37(49)41(44)53/h3-23H,24H2,1-2H3. The number of hydrogen-bond acceptors (Lipinski definition) is 6. The molecule has 0 spiro atoms. The van der Waals surface area contributed by atoms with Gasteiger partial charge in [0.25, 0.3) is 0 Å². The fraction of sp³-hybridized carbons (Fsp3) is 0.0667. The molecule has 0 aromatic heterocycles. The van der Waals surface area contributed by atoms with Crippen molar-refractivity contribution in [2.45, 2.75) is 44.7 Å². The van der Waals surface area contributed by atoms with Crippen LogP contribution < -0.4 is 0 Å². The minimum atomic E-state index is -5.84. The Kier molecular flexibility index (Phi) is 13.6. The number of rotatable bonds is 13. The van der Waals surface area contributed by atoms with Crippen LogP contribution in [0.2, 0.25) is 0 Å². The third-order valence-corrected chi connectivity index (χ3v) is 22.5. The number of hydrogen-bond donors (Lipinski definition) is 0. The van der Waals surface area contributed by atoms with E-state index < -0.39 is 119 Å². The molecule has 0 fully saturated rings. The van der Waals surface area contributed by atoms with Crippen LogP contribution in [0.3, 0.4) is 0 Å². The van der Waals surface area contributed by atoms with Crippen LogP contribution in [0.25, 0.3) is 0 Å². The fourth-order valence-electron chi connectivity index (χ4n) is 6.61. The topological polar surface area (TPSA) is 86.7 Å². The quantitative estimate of drug-likeness (QED) is 0.0495. The van der Waals surface area contributed by atoms with E-state index in [9.17, 15) is 52.0 Å². The second-order valence-corrected chi connectivity index (χ2v) is 24.7. The molecule has 6 nitrogen and oxygen atoms in total. The van der Waals surface area contributed by atoms with Crippen molar-refractivity contribution in [2.75, 3.05) is 0 Å². The molecule has 20 heteroatoms. The summed E-state index contributed by atoms with van der Waals surface area (Å²) in [6.07, 6.45) is 0.157. The van der Waals surface area contributed by atoms with E-state index in [4.69, 9.17) is 6.14 Å². The van der Waals surface area contributed by atoms with Gasteiger partial charge >= 0.3 is 263 Å². The number of aryl methyl sites for hydroxylation is 2. The van der Waals surface area contributed by atoms with Crippen LogP contribution in [-0.2, 0) is 32.8 Å². The maximum atomic E-state index is 15.2. The summed E-state index contributed by atoms with van der Waals surface area (Å²) in [5.74, 6) is -25.4. The van der Waals surface area contributed by atoms with Gasteiger partial charge in [-0.05, 0) is 13.8 Å². The van der Waals surface area contributed by atoms with Crippen molar-refractivity contribution in [3.63, 3.8) is 0 Å². The molecule has 0 N–H and O–H groups in total. The Hall–Kier alpha value is -5.26. The molecule has 0 amide bonds. The molecular weight excluding hydrogens is 1050 g/mol. The van der Waals surface area contributed by atoms with Crippen LogP contribution in [0.4, 0.5) is 43.9 Å². The first-order valence-electron chi connectivity index (χ1n) is 18.5. The molecule has 0 aliphatic carbocycles. The predicted molar refractivity (Wildman–Crippen MR) is 227 cm³/mol. The number of benzene rings is 7. The Bertz CT molecular complexity index is 3100. The van der Waals surface area contributed by atoms with Crippen LogP contribution in [0.15, 0.2) is 152 Å². The van der Waals surface area contributed by atoms with Crippen molar-refractivity contribution < 1.29 is 66.9 Å². The molecule has 0 aliphatic heterocycles. The molecule has 0 bridgehead atoms. The van der Waals surface area contributed by atoms with E-state index in [2.05, 4.69) is 0 Å². The van der Waals surface area contributed by atoms with Crippen molar-refractivity contribution in [3.8, 4) is 0 Å². The second kappa shape index (κ2) is 18.6. The van der Waals surface area contributed by atoms with Gasteiger partial charge in [-0.15, -0.1) is 0 Å². The Balaban J connectivity index is 1.28. The average molecular weight is 1080 g/mol. The Morgan fingerprint density at radius 1 is 0.415 bits per heavy atom. The summed E-state index contributed by atoms with van der Waals surface area (Å²) >= 11 is -3.75. The summed E-state index contributed by atoms with van der Waals surface area (Å²) in [5, 5.41) is 0. The molecule has 7 aromatic carbocycles. The Labute approximate surface area is 375 Å². The summed E-state index contributed by atoms with van der Waals surface area (Å²) in [6, 6.07) is 32.5. The van der Waals surface area contributed by atoms with Gasteiger partial charge in [-0.3, -0.25) is 0 Å². The molecule has 7 aromatic rings. The molecule has 0 radical (unpaired) electrons. The van der Waals surface area contributed by atoms with Gasteiger partial charge in [0.15, 0.2) is 28.2 Å². The fourth-order valence-corrected chi connectivity index (χ4v) is 19.3. The summed E-state index contributed by atoms with van der Waals surface area (Å²) < 4.78 is 211. The van der Waals surface area contributed by atoms with Crippen LogP contribution in [0.5, 0.6) is 0 Å². The van der Waals surface area contributed by atoms with Gasteiger partial charge in [-0.25, -0.2) is 22.0 Å². The van der Waals surface area contributed by atoms with E-state index >= 15 is 8.78 Å². The minimum absolute atomic E-state index is 0.136. The van der Waals surface area contributed by atoms with Crippen LogP contribution in [0.1, 0.15) is 22.3 Å². The van der Waals surface area contributed by atoms with Gasteiger partial charge in [0.2, 0.25) is 5.82 Å². The van der Waals surface area contributed by atoms with Crippen molar-refractivity contribution in [1.29, 1.82) is 0 Å². The van der Waals surface area contributed by atoms with Gasteiger partial charge in [0.05, 0.1) is 0 Å². The molecular formula is C45H29F10IO6S3. The summed E-state index contributed by atoms with van der Waals surface area (Å²) in [7, 11) is -15.1. The van der Waals surface area contributed by atoms with E-state index in [0.717, 1.165) is 0 Å². The molecule has 7 rings (SSSR count). The van der Waals surface area contributed by atoms with Crippen LogP contribution in [0, 0.1) is 79.2 Å². The molecule has 0 saturated carbocycles. The molecule has 0 saturated heterocycles. The monoisotopic (exact) mass is 1080 g/mol. The van der Waals surface area contributed by atoms with Crippen LogP contribution in [-0.4, -0.2) is 16.8 Å². The van der Waals surface area contributed by atoms with Crippen molar-refractivity contribution in [1.82, 2.24) is 0 Å². The third-order valence-electron chi connectivity index (χ3n) is 9.69. The summed E-state index contributed by atoms with van der Waals surface area (Å²) in [5.41, 5.74) is 2.07. The van der Waals surface area contributed by atoms with Gasteiger partial charge in [0.1, 0.15) is 0 Å². The second-order valence-electron chi connectivity index (χ2n) is 13.9. The van der Waals surface area contributed by atoms with Gasteiger partial charge in [-0.1, -0.05) is 36.4 Å². The minimum Gasteiger partial charge on any atom is -0.0619 e. The van der Waals surface area contributed by atoms with Crippen molar-refractivity contribution >= 4 is 50.8 Å².